The zero-order valence-electron chi connectivity index (χ0n) is 15.2. The summed E-state index contributed by atoms with van der Waals surface area (Å²) >= 11 is -2.33. The molecule has 0 aliphatic rings. The van der Waals surface area contributed by atoms with Crippen LogP contribution in [0.4, 0.5) is 0 Å². The summed E-state index contributed by atoms with van der Waals surface area (Å²) in [7, 11) is 0. The van der Waals surface area contributed by atoms with Crippen molar-refractivity contribution in [1.29, 1.82) is 0 Å². The van der Waals surface area contributed by atoms with Crippen LogP contribution < -0.4 is 3.58 Å². The Bertz CT molecular complexity index is 431. The zero-order valence-corrected chi connectivity index (χ0v) is 18.1. The van der Waals surface area contributed by atoms with Gasteiger partial charge in [0.25, 0.3) is 0 Å². The molecule has 0 amide bonds. The summed E-state index contributed by atoms with van der Waals surface area (Å²) in [6.45, 7) is 6.89. The number of rotatable bonds is 12. The molecule has 1 rings (SSSR count). The van der Waals surface area contributed by atoms with Gasteiger partial charge in [-0.25, -0.2) is 0 Å². The second-order valence-electron chi connectivity index (χ2n) is 6.86. The van der Waals surface area contributed by atoms with Gasteiger partial charge in [0.1, 0.15) is 0 Å². The van der Waals surface area contributed by atoms with E-state index in [-0.39, 0.29) is 6.42 Å². The Morgan fingerprint density at radius 1 is 0.870 bits per heavy atom. The van der Waals surface area contributed by atoms with Crippen LogP contribution in [0.2, 0.25) is 13.3 Å². The fourth-order valence-corrected chi connectivity index (χ4v) is 19.4. The van der Waals surface area contributed by atoms with Gasteiger partial charge >= 0.3 is 147 Å². The quantitative estimate of drug-likeness (QED) is 0.458. The molecular weight excluding hydrogens is 391 g/mol. The summed E-state index contributed by atoms with van der Waals surface area (Å²) in [5.74, 6) is -0.740. The van der Waals surface area contributed by atoms with Crippen LogP contribution in [-0.2, 0) is 11.2 Å². The standard InChI is InChI=1S/C8H7O2.3C4H9.Sn/c9-8(10)6-7-4-2-1-3-5-7;3*1-3-4-2;/h2-5H,6H2,(H,9,10);3*1,3-4H2,2H3;. The van der Waals surface area contributed by atoms with E-state index in [1.165, 1.54) is 51.8 Å². The van der Waals surface area contributed by atoms with Crippen molar-refractivity contribution < 1.29 is 9.90 Å². The normalized spacial score (nSPS) is 11.6. The van der Waals surface area contributed by atoms with Gasteiger partial charge in [0.15, 0.2) is 0 Å². The molecule has 0 saturated heterocycles. The Balaban J connectivity index is 3.04. The van der Waals surface area contributed by atoms with Crippen molar-refractivity contribution in [3.8, 4) is 0 Å². The van der Waals surface area contributed by atoms with Crippen LogP contribution in [0.15, 0.2) is 24.3 Å². The number of unbranched alkanes of at least 4 members (excludes halogenated alkanes) is 3. The Hall–Kier alpha value is -0.511. The van der Waals surface area contributed by atoms with E-state index < -0.39 is 24.3 Å². The molecule has 0 radical (unpaired) electrons. The average molecular weight is 425 g/mol. The van der Waals surface area contributed by atoms with Crippen LogP contribution in [0, 0.1) is 0 Å². The van der Waals surface area contributed by atoms with Crippen molar-refractivity contribution in [2.75, 3.05) is 0 Å². The van der Waals surface area contributed by atoms with Gasteiger partial charge in [-0.15, -0.1) is 0 Å². The average Bonchev–Trinajstić information content (AvgIpc) is 2.55. The molecular formula is C20H34O2Sn. The van der Waals surface area contributed by atoms with Crippen molar-refractivity contribution in [1.82, 2.24) is 0 Å². The van der Waals surface area contributed by atoms with Gasteiger partial charge in [0.2, 0.25) is 0 Å². The summed E-state index contributed by atoms with van der Waals surface area (Å²) in [5.41, 5.74) is 0.933. The van der Waals surface area contributed by atoms with Crippen molar-refractivity contribution in [2.24, 2.45) is 0 Å². The topological polar surface area (TPSA) is 37.3 Å². The predicted molar refractivity (Wildman–Crippen MR) is 102 cm³/mol. The number of hydrogen-bond acceptors (Lipinski definition) is 1. The molecule has 0 aliphatic carbocycles. The van der Waals surface area contributed by atoms with Crippen LogP contribution in [0.1, 0.15) is 64.9 Å². The van der Waals surface area contributed by atoms with Crippen LogP contribution >= 0.6 is 0 Å². The van der Waals surface area contributed by atoms with E-state index in [1.54, 1.807) is 3.58 Å². The second-order valence-corrected chi connectivity index (χ2v) is 20.1. The third kappa shape index (κ3) is 6.86. The SMILES string of the molecule is CCC[CH2][Sn]([CH2]CCC)([CH2]CCC)[c]1ccc(CC(=O)O)cc1. The first-order chi connectivity index (χ1) is 11.1. The van der Waals surface area contributed by atoms with E-state index in [0.29, 0.717) is 0 Å². The minimum atomic E-state index is -2.33. The molecule has 0 spiro atoms. The van der Waals surface area contributed by atoms with Crippen molar-refractivity contribution >= 4 is 27.9 Å². The third-order valence-corrected chi connectivity index (χ3v) is 20.6. The van der Waals surface area contributed by atoms with Gasteiger partial charge < -0.3 is 0 Å². The summed E-state index contributed by atoms with van der Waals surface area (Å²) in [5, 5.41) is 8.96. The van der Waals surface area contributed by atoms with Gasteiger partial charge in [0.05, 0.1) is 0 Å². The minimum absolute atomic E-state index is 0.141. The van der Waals surface area contributed by atoms with Crippen LogP contribution in [0.5, 0.6) is 0 Å². The number of aliphatic carboxylic acids is 1. The molecule has 0 atom stereocenters. The van der Waals surface area contributed by atoms with Gasteiger partial charge in [-0.2, -0.15) is 0 Å². The van der Waals surface area contributed by atoms with Gasteiger partial charge in [-0.3, -0.25) is 0 Å². The Labute approximate surface area is 146 Å². The predicted octanol–water partition coefficient (Wildman–Crippen LogP) is 5.37. The molecule has 1 N–H and O–H groups in total. The number of carboxylic acids is 1. The number of hydrogen-bond donors (Lipinski definition) is 1. The number of carboxylic acid groups (broad SMARTS) is 1. The Morgan fingerprint density at radius 3 is 1.65 bits per heavy atom. The fourth-order valence-electron chi connectivity index (χ4n) is 3.50. The molecule has 1 aromatic rings. The number of benzene rings is 1. The maximum atomic E-state index is 10.9. The molecule has 2 nitrogen and oxygen atoms in total. The molecule has 0 unspecified atom stereocenters. The first kappa shape index (κ1) is 20.5. The van der Waals surface area contributed by atoms with Crippen LogP contribution in [-0.4, -0.2) is 29.5 Å². The van der Waals surface area contributed by atoms with Gasteiger partial charge in [-0.05, 0) is 0 Å². The van der Waals surface area contributed by atoms with E-state index in [1.807, 2.05) is 0 Å². The molecule has 0 heterocycles. The molecule has 3 heteroatoms. The zero-order chi connectivity index (χ0) is 17.1. The number of carbonyl (C=O) groups is 1. The first-order valence-corrected chi connectivity index (χ1v) is 16.9. The van der Waals surface area contributed by atoms with E-state index in [9.17, 15) is 4.79 Å². The third-order valence-electron chi connectivity index (χ3n) is 4.95. The summed E-state index contributed by atoms with van der Waals surface area (Å²) in [6, 6.07) is 8.71. The first-order valence-electron chi connectivity index (χ1n) is 9.39. The molecule has 130 valence electrons. The monoisotopic (exact) mass is 426 g/mol. The summed E-state index contributed by atoms with van der Waals surface area (Å²) in [4.78, 5) is 10.9. The van der Waals surface area contributed by atoms with Crippen LogP contribution in [0.25, 0.3) is 0 Å². The summed E-state index contributed by atoms with van der Waals surface area (Å²) < 4.78 is 6.01. The molecule has 0 fully saturated rings. The molecule has 23 heavy (non-hydrogen) atoms. The van der Waals surface area contributed by atoms with Crippen LogP contribution in [0.3, 0.4) is 0 Å². The Morgan fingerprint density at radius 2 is 1.30 bits per heavy atom. The van der Waals surface area contributed by atoms with Gasteiger partial charge in [0, 0.05) is 0 Å². The molecule has 0 saturated carbocycles. The summed E-state index contributed by atoms with van der Waals surface area (Å²) in [6.07, 6.45) is 8.08. The second kappa shape index (κ2) is 11.1. The van der Waals surface area contributed by atoms with Crippen molar-refractivity contribution in [2.45, 2.75) is 79.0 Å². The molecule has 0 aliphatic heterocycles. The fraction of sp³-hybridized carbons (Fsp3) is 0.650. The van der Waals surface area contributed by atoms with E-state index in [2.05, 4.69) is 45.0 Å². The Kier molecular flexibility index (Phi) is 9.92. The van der Waals surface area contributed by atoms with Crippen molar-refractivity contribution in [3.63, 3.8) is 0 Å². The maximum absolute atomic E-state index is 10.9. The molecule has 0 aromatic heterocycles. The van der Waals surface area contributed by atoms with Crippen molar-refractivity contribution in [3.05, 3.63) is 29.8 Å². The van der Waals surface area contributed by atoms with E-state index in [0.717, 1.165) is 5.56 Å². The molecule has 0 bridgehead atoms. The molecule has 1 aromatic carbocycles. The van der Waals surface area contributed by atoms with Gasteiger partial charge in [-0.1, -0.05) is 0 Å². The van der Waals surface area contributed by atoms with E-state index >= 15 is 0 Å². The van der Waals surface area contributed by atoms with E-state index in [4.69, 9.17) is 5.11 Å².